The van der Waals surface area contributed by atoms with Crippen molar-refractivity contribution in [1.82, 2.24) is 0 Å². The maximum absolute atomic E-state index is 10.7. The van der Waals surface area contributed by atoms with Gasteiger partial charge in [0.2, 0.25) is 5.84 Å². The van der Waals surface area contributed by atoms with Crippen LogP contribution in [0.1, 0.15) is 32.1 Å². The normalized spacial score (nSPS) is 46.0. The molecule has 4 aliphatic rings. The van der Waals surface area contributed by atoms with E-state index in [0.717, 1.165) is 11.8 Å². The van der Waals surface area contributed by atoms with E-state index in [1.807, 2.05) is 0 Å². The van der Waals surface area contributed by atoms with E-state index in [1.54, 1.807) is 0 Å². The smallest absolute Gasteiger partial charge is 0.370 e. The third kappa shape index (κ3) is 1.51. The van der Waals surface area contributed by atoms with Gasteiger partial charge in [-0.1, -0.05) is 0 Å². The summed E-state index contributed by atoms with van der Waals surface area (Å²) in [7, 11) is 0. The molecule has 0 radical (unpaired) electrons. The Kier molecular flexibility index (Phi) is 2.19. The van der Waals surface area contributed by atoms with E-state index in [9.17, 15) is 4.79 Å². The molecule has 0 atom stereocenters. The fourth-order valence-electron chi connectivity index (χ4n) is 4.32. The molecule has 4 heteroatoms. The molecule has 0 aromatic carbocycles. The molecular formula is C12H18N2O2. The van der Waals surface area contributed by atoms with E-state index < -0.39 is 5.97 Å². The van der Waals surface area contributed by atoms with E-state index >= 15 is 0 Å². The zero-order chi connectivity index (χ0) is 11.3. The van der Waals surface area contributed by atoms with Gasteiger partial charge in [0, 0.05) is 0 Å². The fraction of sp³-hybridized carbons (Fsp3) is 0.833. The average Bonchev–Trinajstić information content (AvgIpc) is 2.21. The summed E-state index contributed by atoms with van der Waals surface area (Å²) in [5, 5.41) is 8.78. The molecule has 4 aliphatic carbocycles. The van der Waals surface area contributed by atoms with E-state index in [2.05, 4.69) is 4.99 Å². The number of aliphatic imine (C=N–C) groups is 1. The summed E-state index contributed by atoms with van der Waals surface area (Å²) in [4.78, 5) is 15.0. The minimum atomic E-state index is -1.08. The van der Waals surface area contributed by atoms with Crippen molar-refractivity contribution in [2.75, 3.05) is 0 Å². The van der Waals surface area contributed by atoms with Gasteiger partial charge in [-0.25, -0.2) is 4.79 Å². The number of hydrogen-bond donors (Lipinski definition) is 2. The quantitative estimate of drug-likeness (QED) is 0.518. The van der Waals surface area contributed by atoms with Crippen LogP contribution in [0, 0.1) is 23.7 Å². The number of nitrogens with two attached hydrogens (primary N) is 1. The molecule has 4 bridgehead atoms. The molecule has 0 amide bonds. The van der Waals surface area contributed by atoms with E-state index in [0.29, 0.717) is 11.8 Å². The highest BCUT2D eigenvalue weighted by molar-refractivity contribution is 6.33. The Morgan fingerprint density at radius 1 is 1.06 bits per heavy atom. The Bertz CT molecular complexity index is 323. The van der Waals surface area contributed by atoms with Crippen LogP contribution in [0.15, 0.2) is 4.99 Å². The highest BCUT2D eigenvalue weighted by Gasteiger charge is 2.48. The van der Waals surface area contributed by atoms with E-state index in [1.165, 1.54) is 32.1 Å². The van der Waals surface area contributed by atoms with Crippen LogP contribution in [-0.2, 0) is 4.79 Å². The second kappa shape index (κ2) is 3.47. The highest BCUT2D eigenvalue weighted by atomic mass is 16.4. The number of carboxylic acids is 1. The summed E-state index contributed by atoms with van der Waals surface area (Å²) < 4.78 is 0. The molecule has 4 fully saturated rings. The maximum Gasteiger partial charge on any atom is 0.370 e. The molecule has 0 aliphatic heterocycles. The summed E-state index contributed by atoms with van der Waals surface area (Å²) in [6, 6.07) is 0.198. The van der Waals surface area contributed by atoms with Crippen molar-refractivity contribution >= 4 is 11.8 Å². The van der Waals surface area contributed by atoms with Crippen LogP contribution in [0.4, 0.5) is 0 Å². The summed E-state index contributed by atoms with van der Waals surface area (Å²) in [6.45, 7) is 0. The lowest BCUT2D eigenvalue weighted by Crippen LogP contribution is -2.48. The highest BCUT2D eigenvalue weighted by Crippen LogP contribution is 2.54. The summed E-state index contributed by atoms with van der Waals surface area (Å²) >= 11 is 0. The number of carboxylic acid groups (broad SMARTS) is 1. The molecule has 0 saturated heterocycles. The number of carbonyl (C=O) groups is 1. The van der Waals surface area contributed by atoms with Crippen LogP contribution >= 0.6 is 0 Å². The van der Waals surface area contributed by atoms with Crippen molar-refractivity contribution in [1.29, 1.82) is 0 Å². The topological polar surface area (TPSA) is 75.7 Å². The van der Waals surface area contributed by atoms with Crippen LogP contribution < -0.4 is 5.73 Å². The van der Waals surface area contributed by atoms with Crippen LogP contribution in [0.25, 0.3) is 0 Å². The van der Waals surface area contributed by atoms with Gasteiger partial charge in [-0.05, 0) is 55.8 Å². The van der Waals surface area contributed by atoms with Crippen molar-refractivity contribution in [2.24, 2.45) is 34.4 Å². The third-order valence-corrected chi connectivity index (χ3v) is 4.68. The molecule has 88 valence electrons. The average molecular weight is 222 g/mol. The molecule has 4 rings (SSSR count). The molecule has 3 N–H and O–H groups in total. The number of hydrogen-bond acceptors (Lipinski definition) is 2. The van der Waals surface area contributed by atoms with Gasteiger partial charge < -0.3 is 10.8 Å². The maximum atomic E-state index is 10.7. The summed E-state index contributed by atoms with van der Waals surface area (Å²) in [5.74, 6) is 1.72. The predicted molar refractivity (Wildman–Crippen MR) is 60.1 cm³/mol. The van der Waals surface area contributed by atoms with Crippen molar-refractivity contribution in [3.05, 3.63) is 0 Å². The van der Waals surface area contributed by atoms with Gasteiger partial charge in [0.15, 0.2) is 0 Å². The molecule has 0 aromatic rings. The molecule has 4 nitrogen and oxygen atoms in total. The second-order valence-corrected chi connectivity index (χ2v) is 5.74. The van der Waals surface area contributed by atoms with Gasteiger partial charge in [-0.3, -0.25) is 4.99 Å². The minimum absolute atomic E-state index is 0.197. The van der Waals surface area contributed by atoms with E-state index in [4.69, 9.17) is 10.8 Å². The Morgan fingerprint density at radius 2 is 1.56 bits per heavy atom. The second-order valence-electron chi connectivity index (χ2n) is 5.74. The van der Waals surface area contributed by atoms with Gasteiger partial charge in [0.1, 0.15) is 0 Å². The first kappa shape index (κ1) is 10.1. The summed E-state index contributed by atoms with van der Waals surface area (Å²) in [5.41, 5.74) is 5.45. The number of rotatable bonds is 1. The van der Waals surface area contributed by atoms with Gasteiger partial charge >= 0.3 is 5.97 Å². The Morgan fingerprint density at radius 3 is 2.00 bits per heavy atom. The lowest BCUT2D eigenvalue weighted by atomic mass is 9.54. The molecular weight excluding hydrogens is 204 g/mol. The van der Waals surface area contributed by atoms with Gasteiger partial charge in [0.05, 0.1) is 6.04 Å². The Balaban J connectivity index is 1.82. The van der Waals surface area contributed by atoms with Crippen LogP contribution in [0.2, 0.25) is 0 Å². The van der Waals surface area contributed by atoms with Crippen molar-refractivity contribution in [3.63, 3.8) is 0 Å². The first-order valence-corrected chi connectivity index (χ1v) is 6.20. The van der Waals surface area contributed by atoms with Crippen LogP contribution in [0.3, 0.4) is 0 Å². The zero-order valence-electron chi connectivity index (χ0n) is 9.30. The Labute approximate surface area is 94.9 Å². The third-order valence-electron chi connectivity index (χ3n) is 4.68. The molecule has 16 heavy (non-hydrogen) atoms. The lowest BCUT2D eigenvalue weighted by molar-refractivity contribution is -0.129. The standard InChI is InChI=1S/C12H18N2O2/c13-11(12(15)16)14-10-8-2-6-1-7(4-8)5-9(10)3-6/h6-10H,1-5H2,(H2,13,14)(H,15,16). The predicted octanol–water partition coefficient (Wildman–Crippen LogP) is 1.25. The largest absolute Gasteiger partial charge is 0.475 e. The van der Waals surface area contributed by atoms with Gasteiger partial charge in [-0.2, -0.15) is 0 Å². The Hall–Kier alpha value is -1.06. The monoisotopic (exact) mass is 222 g/mol. The fourth-order valence-corrected chi connectivity index (χ4v) is 4.32. The van der Waals surface area contributed by atoms with Crippen LogP contribution in [-0.4, -0.2) is 23.0 Å². The van der Waals surface area contributed by atoms with Crippen molar-refractivity contribution in [3.8, 4) is 0 Å². The van der Waals surface area contributed by atoms with Gasteiger partial charge in [-0.15, -0.1) is 0 Å². The number of aliphatic carboxylic acids is 1. The lowest BCUT2D eigenvalue weighted by Gasteiger charge is -2.53. The van der Waals surface area contributed by atoms with E-state index in [-0.39, 0.29) is 11.9 Å². The molecule has 0 unspecified atom stereocenters. The molecule has 0 spiro atoms. The molecule has 0 aromatic heterocycles. The van der Waals surface area contributed by atoms with Gasteiger partial charge in [0.25, 0.3) is 0 Å². The van der Waals surface area contributed by atoms with Crippen LogP contribution in [0.5, 0.6) is 0 Å². The molecule has 0 heterocycles. The zero-order valence-corrected chi connectivity index (χ0v) is 9.30. The minimum Gasteiger partial charge on any atom is -0.475 e. The first-order valence-electron chi connectivity index (χ1n) is 6.20. The molecule has 4 saturated carbocycles. The SMILES string of the molecule is NC(=NC1C2CC3CC(C2)CC1C3)C(=O)O. The summed E-state index contributed by atoms with van der Waals surface area (Å²) in [6.07, 6.45) is 6.38. The number of nitrogens with zero attached hydrogens (tertiary/aromatic N) is 1. The van der Waals surface area contributed by atoms with Crippen molar-refractivity contribution < 1.29 is 9.90 Å². The first-order chi connectivity index (χ1) is 7.63. The number of amidine groups is 1. The van der Waals surface area contributed by atoms with Crippen molar-refractivity contribution in [2.45, 2.75) is 38.1 Å².